The Morgan fingerprint density at radius 3 is 2.47 bits per heavy atom. The van der Waals surface area contributed by atoms with Crippen LogP contribution in [-0.2, 0) is 12.5 Å². The largest absolute Gasteiger partial charge is 0.347 e. The van der Waals surface area contributed by atoms with Crippen molar-refractivity contribution in [2.45, 2.75) is 37.6 Å². The van der Waals surface area contributed by atoms with Gasteiger partial charge in [0.15, 0.2) is 0 Å². The molecule has 0 radical (unpaired) electrons. The van der Waals surface area contributed by atoms with Gasteiger partial charge in [0.2, 0.25) is 0 Å². The molecule has 0 unspecified atom stereocenters. The number of aryl methyl sites for hydroxylation is 1. The van der Waals surface area contributed by atoms with E-state index in [0.29, 0.717) is 0 Å². The number of aromatic nitrogens is 1. The highest BCUT2D eigenvalue weighted by atomic mass is 15.0. The topological polar surface area (TPSA) is 30.9 Å². The molecule has 1 aromatic heterocycles. The summed E-state index contributed by atoms with van der Waals surface area (Å²) in [4.78, 5) is 0. The predicted octanol–water partition coefficient (Wildman–Crippen LogP) is 2.95. The highest BCUT2D eigenvalue weighted by Gasteiger charge is 2.52. The molecular weight excluding hydrogens is 208 g/mol. The first kappa shape index (κ1) is 10.8. The van der Waals surface area contributed by atoms with Crippen molar-refractivity contribution in [1.82, 2.24) is 4.57 Å². The molecule has 90 valence electrons. The van der Waals surface area contributed by atoms with Crippen molar-refractivity contribution in [3.8, 4) is 0 Å². The zero-order chi connectivity index (χ0) is 12.3. The Hall–Kier alpha value is -1.28. The molecule has 1 aliphatic carbocycles. The molecule has 1 aliphatic rings. The van der Waals surface area contributed by atoms with Crippen LogP contribution in [0.15, 0.2) is 30.3 Å². The second kappa shape index (κ2) is 3.14. The molecule has 0 amide bonds. The Balaban J connectivity index is 2.21. The summed E-state index contributed by atoms with van der Waals surface area (Å²) in [5, 5.41) is 1.31. The fourth-order valence-corrected chi connectivity index (χ4v) is 2.90. The van der Waals surface area contributed by atoms with Gasteiger partial charge in [0.25, 0.3) is 0 Å². The monoisotopic (exact) mass is 228 g/mol. The van der Waals surface area contributed by atoms with Gasteiger partial charge in [-0.3, -0.25) is 0 Å². The van der Waals surface area contributed by atoms with Crippen LogP contribution in [0.2, 0.25) is 0 Å². The number of fused-ring (bicyclic) bond motifs is 1. The van der Waals surface area contributed by atoms with E-state index in [1.807, 2.05) is 0 Å². The van der Waals surface area contributed by atoms with Crippen LogP contribution >= 0.6 is 0 Å². The second-order valence-electron chi connectivity index (χ2n) is 5.93. The van der Waals surface area contributed by atoms with E-state index >= 15 is 0 Å². The van der Waals surface area contributed by atoms with E-state index in [1.54, 1.807) is 0 Å². The second-order valence-corrected chi connectivity index (χ2v) is 5.93. The third-order valence-corrected chi connectivity index (χ3v) is 4.63. The average Bonchev–Trinajstić information content (AvgIpc) is 2.96. The summed E-state index contributed by atoms with van der Waals surface area (Å²) in [5.41, 5.74) is 9.11. The molecule has 0 atom stereocenters. The molecule has 1 aromatic carbocycles. The lowest BCUT2D eigenvalue weighted by atomic mass is 9.79. The molecule has 0 spiro atoms. The minimum Gasteiger partial charge on any atom is -0.347 e. The predicted molar refractivity (Wildman–Crippen MR) is 72.1 cm³/mol. The summed E-state index contributed by atoms with van der Waals surface area (Å²) >= 11 is 0. The Morgan fingerprint density at radius 1 is 1.24 bits per heavy atom. The van der Waals surface area contributed by atoms with Gasteiger partial charge in [0.1, 0.15) is 0 Å². The molecule has 3 rings (SSSR count). The normalized spacial score (nSPS) is 18.6. The molecule has 2 nitrogen and oxygen atoms in total. The van der Waals surface area contributed by atoms with Crippen LogP contribution in [0.4, 0.5) is 0 Å². The van der Waals surface area contributed by atoms with E-state index in [1.165, 1.54) is 16.6 Å². The van der Waals surface area contributed by atoms with E-state index in [4.69, 9.17) is 5.73 Å². The number of rotatable bonds is 2. The highest BCUT2D eigenvalue weighted by Crippen LogP contribution is 2.49. The van der Waals surface area contributed by atoms with Crippen LogP contribution < -0.4 is 5.73 Å². The minimum absolute atomic E-state index is 0.00483. The minimum atomic E-state index is -0.00483. The maximum atomic E-state index is 6.43. The molecule has 0 bridgehead atoms. The third-order valence-electron chi connectivity index (χ3n) is 4.63. The van der Waals surface area contributed by atoms with Crippen molar-refractivity contribution in [3.63, 3.8) is 0 Å². The molecule has 1 saturated carbocycles. The van der Waals surface area contributed by atoms with Crippen LogP contribution in [0.1, 0.15) is 32.4 Å². The quantitative estimate of drug-likeness (QED) is 0.841. The van der Waals surface area contributed by atoms with Crippen molar-refractivity contribution >= 4 is 10.9 Å². The number of benzene rings is 1. The number of para-hydroxylation sites is 1. The van der Waals surface area contributed by atoms with Gasteiger partial charge in [-0.15, -0.1) is 0 Å². The molecular formula is C15H20N2. The highest BCUT2D eigenvalue weighted by molar-refractivity contribution is 5.81. The van der Waals surface area contributed by atoms with Crippen LogP contribution in [0, 0.1) is 0 Å². The first-order chi connectivity index (χ1) is 7.96. The number of nitrogens with zero attached hydrogens (tertiary/aromatic N) is 1. The summed E-state index contributed by atoms with van der Waals surface area (Å²) in [6.07, 6.45) is 2.28. The Kier molecular flexibility index (Phi) is 2.00. The summed E-state index contributed by atoms with van der Waals surface area (Å²) in [6.45, 7) is 4.54. The molecule has 0 saturated heterocycles. The zero-order valence-electron chi connectivity index (χ0n) is 10.8. The van der Waals surface area contributed by atoms with Gasteiger partial charge in [-0.05, 0) is 30.4 Å². The fraction of sp³-hybridized carbons (Fsp3) is 0.467. The molecule has 17 heavy (non-hydrogen) atoms. The van der Waals surface area contributed by atoms with Gasteiger partial charge in [0, 0.05) is 29.2 Å². The summed E-state index contributed by atoms with van der Waals surface area (Å²) in [6, 6.07) is 10.8. The van der Waals surface area contributed by atoms with Crippen LogP contribution in [0.3, 0.4) is 0 Å². The first-order valence-corrected chi connectivity index (χ1v) is 6.29. The maximum absolute atomic E-state index is 6.43. The SMILES string of the molecule is Cn1c(C(C)(C)C2(N)CC2)cc2ccccc21. The standard InChI is InChI=1S/C15H20N2/c1-14(2,15(16)8-9-15)13-10-11-6-4-5-7-12(11)17(13)3/h4-7,10H,8-9,16H2,1-3H3. The van der Waals surface area contributed by atoms with Gasteiger partial charge in [-0.25, -0.2) is 0 Å². The van der Waals surface area contributed by atoms with Gasteiger partial charge in [0.05, 0.1) is 0 Å². The molecule has 1 heterocycles. The lowest BCUT2D eigenvalue weighted by molar-refractivity contribution is 0.373. The van der Waals surface area contributed by atoms with E-state index in [-0.39, 0.29) is 11.0 Å². The molecule has 2 N–H and O–H groups in total. The van der Waals surface area contributed by atoms with Crippen LogP contribution in [0.5, 0.6) is 0 Å². The van der Waals surface area contributed by atoms with E-state index in [2.05, 4.69) is 55.8 Å². The lowest BCUT2D eigenvalue weighted by Gasteiger charge is -2.32. The Labute approximate surface area is 102 Å². The molecule has 2 heteroatoms. The van der Waals surface area contributed by atoms with Gasteiger partial charge in [-0.2, -0.15) is 0 Å². The molecule has 0 aliphatic heterocycles. The molecule has 2 aromatic rings. The maximum Gasteiger partial charge on any atom is 0.0480 e. The summed E-state index contributed by atoms with van der Waals surface area (Å²) in [7, 11) is 2.14. The van der Waals surface area contributed by atoms with Crippen molar-refractivity contribution in [2.24, 2.45) is 12.8 Å². The Morgan fingerprint density at radius 2 is 1.88 bits per heavy atom. The average molecular weight is 228 g/mol. The summed E-state index contributed by atoms with van der Waals surface area (Å²) in [5.74, 6) is 0. The van der Waals surface area contributed by atoms with Crippen molar-refractivity contribution < 1.29 is 0 Å². The first-order valence-electron chi connectivity index (χ1n) is 6.29. The van der Waals surface area contributed by atoms with Crippen molar-refractivity contribution in [3.05, 3.63) is 36.0 Å². The smallest absolute Gasteiger partial charge is 0.0480 e. The van der Waals surface area contributed by atoms with E-state index < -0.39 is 0 Å². The fourth-order valence-electron chi connectivity index (χ4n) is 2.90. The lowest BCUT2D eigenvalue weighted by Crippen LogP contribution is -2.44. The van der Waals surface area contributed by atoms with Gasteiger partial charge >= 0.3 is 0 Å². The van der Waals surface area contributed by atoms with Gasteiger partial charge in [-0.1, -0.05) is 32.0 Å². The van der Waals surface area contributed by atoms with Crippen molar-refractivity contribution in [2.75, 3.05) is 0 Å². The van der Waals surface area contributed by atoms with Crippen molar-refractivity contribution in [1.29, 1.82) is 0 Å². The number of hydrogen-bond donors (Lipinski definition) is 1. The zero-order valence-corrected chi connectivity index (χ0v) is 10.8. The Bertz CT molecular complexity index is 574. The van der Waals surface area contributed by atoms with Gasteiger partial charge < -0.3 is 10.3 Å². The summed E-state index contributed by atoms with van der Waals surface area (Å²) < 4.78 is 2.29. The number of hydrogen-bond acceptors (Lipinski definition) is 1. The van der Waals surface area contributed by atoms with Crippen LogP contribution in [-0.4, -0.2) is 10.1 Å². The third kappa shape index (κ3) is 1.37. The number of nitrogens with two attached hydrogens (primary N) is 1. The van der Waals surface area contributed by atoms with E-state index in [9.17, 15) is 0 Å². The van der Waals surface area contributed by atoms with Crippen LogP contribution in [0.25, 0.3) is 10.9 Å². The molecule has 1 fully saturated rings. The van der Waals surface area contributed by atoms with E-state index in [0.717, 1.165) is 12.8 Å².